The van der Waals surface area contributed by atoms with Gasteiger partial charge in [-0.1, -0.05) is 42.5 Å². The van der Waals surface area contributed by atoms with Crippen molar-refractivity contribution in [3.8, 4) is 0 Å². The normalized spacial score (nSPS) is 42.0. The first-order valence-electron chi connectivity index (χ1n) is 7.53. The number of carbonyl (C=O) groups is 1. The zero-order valence-electron chi connectivity index (χ0n) is 12.0. The molecule has 106 valence electrons. The van der Waals surface area contributed by atoms with Gasteiger partial charge in [0.25, 0.3) is 0 Å². The Kier molecular flexibility index (Phi) is 1.94. The van der Waals surface area contributed by atoms with Crippen LogP contribution in [0.4, 0.5) is 0 Å². The number of carbonyl (C=O) groups excluding carboxylic acids is 1. The number of nitrogens with zero attached hydrogens (tertiary/aromatic N) is 1. The van der Waals surface area contributed by atoms with Gasteiger partial charge in [0.15, 0.2) is 0 Å². The van der Waals surface area contributed by atoms with Crippen molar-refractivity contribution in [3.05, 3.63) is 53.7 Å². The first-order chi connectivity index (χ1) is 10.2. The minimum atomic E-state index is -0.401. The summed E-state index contributed by atoms with van der Waals surface area (Å²) in [6.45, 7) is 1.20. The van der Waals surface area contributed by atoms with Gasteiger partial charge >= 0.3 is 0 Å². The standard InChI is InChI=1S/C18H17NO2/c1-19-9-8-15-14-7-6-12-4-2-3-5-13(12)17(14)10-21-11-18(15,17)16(19)20/h2-9,14-15H,10-11H2,1H3/t14-,15+,17-,18-/m0/s1. The van der Waals surface area contributed by atoms with E-state index in [1.54, 1.807) is 4.90 Å². The molecule has 0 aromatic heterocycles. The molecule has 2 spiro atoms. The molecule has 1 aromatic rings. The van der Waals surface area contributed by atoms with Gasteiger partial charge in [0, 0.05) is 24.6 Å². The molecule has 2 aliphatic carbocycles. The van der Waals surface area contributed by atoms with Gasteiger partial charge in [-0.2, -0.15) is 0 Å². The lowest BCUT2D eigenvalue weighted by Crippen LogP contribution is -2.73. The number of rotatable bonds is 0. The number of ether oxygens (including phenoxy) is 1. The third kappa shape index (κ3) is 1.02. The second-order valence-corrected chi connectivity index (χ2v) is 6.69. The Balaban J connectivity index is 1.81. The van der Waals surface area contributed by atoms with E-state index in [1.807, 2.05) is 13.2 Å². The van der Waals surface area contributed by atoms with E-state index in [-0.39, 0.29) is 17.2 Å². The number of fused-ring (bicyclic) bond motifs is 2. The first kappa shape index (κ1) is 11.8. The lowest BCUT2D eigenvalue weighted by atomic mass is 9.35. The molecule has 1 aromatic carbocycles. The SMILES string of the molecule is CN1C=C[C@@H]2[C@@H]3C=Cc4ccccc4[C@@]34COC[C@@]24C1=O. The lowest BCUT2D eigenvalue weighted by molar-refractivity contribution is -0.165. The third-order valence-electron chi connectivity index (χ3n) is 6.12. The summed E-state index contributed by atoms with van der Waals surface area (Å²) in [4.78, 5) is 14.8. The van der Waals surface area contributed by atoms with Crippen molar-refractivity contribution >= 4 is 12.0 Å². The molecule has 2 heterocycles. The molecular weight excluding hydrogens is 262 g/mol. The van der Waals surface area contributed by atoms with Gasteiger partial charge in [0.05, 0.1) is 18.6 Å². The van der Waals surface area contributed by atoms with Crippen molar-refractivity contribution in [3.63, 3.8) is 0 Å². The maximum atomic E-state index is 13.0. The van der Waals surface area contributed by atoms with Crippen LogP contribution >= 0.6 is 0 Å². The minimum absolute atomic E-state index is 0.168. The summed E-state index contributed by atoms with van der Waals surface area (Å²) in [5.41, 5.74) is 1.96. The molecule has 4 aliphatic rings. The van der Waals surface area contributed by atoms with Crippen LogP contribution in [0.15, 0.2) is 42.6 Å². The molecule has 4 atom stereocenters. The maximum Gasteiger partial charge on any atom is 0.236 e. The van der Waals surface area contributed by atoms with Gasteiger partial charge in [-0.3, -0.25) is 4.79 Å². The Morgan fingerprint density at radius 2 is 1.90 bits per heavy atom. The fourth-order valence-corrected chi connectivity index (χ4v) is 5.26. The van der Waals surface area contributed by atoms with Gasteiger partial charge in [0.2, 0.25) is 5.91 Å². The van der Waals surface area contributed by atoms with Crippen molar-refractivity contribution in [2.75, 3.05) is 20.3 Å². The third-order valence-corrected chi connectivity index (χ3v) is 6.12. The van der Waals surface area contributed by atoms with Gasteiger partial charge in [0.1, 0.15) is 0 Å². The molecule has 21 heavy (non-hydrogen) atoms. The van der Waals surface area contributed by atoms with E-state index in [4.69, 9.17) is 4.74 Å². The fourth-order valence-electron chi connectivity index (χ4n) is 5.26. The molecule has 0 unspecified atom stereocenters. The van der Waals surface area contributed by atoms with Crippen LogP contribution in [-0.2, 0) is 14.9 Å². The van der Waals surface area contributed by atoms with E-state index < -0.39 is 5.41 Å². The quantitative estimate of drug-likeness (QED) is 0.728. The van der Waals surface area contributed by atoms with Crippen LogP contribution < -0.4 is 0 Å². The molecule has 5 rings (SSSR count). The number of allylic oxidation sites excluding steroid dienone is 2. The highest BCUT2D eigenvalue weighted by Gasteiger charge is 2.78. The smallest absolute Gasteiger partial charge is 0.236 e. The number of hydrogen-bond donors (Lipinski definition) is 0. The van der Waals surface area contributed by atoms with E-state index in [0.29, 0.717) is 19.1 Å². The molecule has 3 nitrogen and oxygen atoms in total. The Labute approximate surface area is 123 Å². The molecule has 1 saturated carbocycles. The van der Waals surface area contributed by atoms with E-state index >= 15 is 0 Å². The number of amides is 1. The van der Waals surface area contributed by atoms with Crippen molar-refractivity contribution < 1.29 is 9.53 Å². The summed E-state index contributed by atoms with van der Waals surface area (Å²) in [6, 6.07) is 8.47. The van der Waals surface area contributed by atoms with E-state index in [2.05, 4.69) is 42.5 Å². The second kappa shape index (κ2) is 3.47. The maximum absolute atomic E-state index is 13.0. The molecule has 1 amide bonds. The van der Waals surface area contributed by atoms with Crippen LogP contribution in [0.3, 0.4) is 0 Å². The fraction of sp³-hybridized carbons (Fsp3) is 0.389. The Hall–Kier alpha value is -1.87. The highest BCUT2D eigenvalue weighted by atomic mass is 16.5. The molecule has 0 radical (unpaired) electrons. The van der Waals surface area contributed by atoms with Crippen LogP contribution in [0.1, 0.15) is 11.1 Å². The molecular formula is C18H17NO2. The van der Waals surface area contributed by atoms with Gasteiger partial charge in [-0.15, -0.1) is 0 Å². The molecule has 2 aliphatic heterocycles. The summed E-state index contributed by atoms with van der Waals surface area (Å²) in [5.74, 6) is 0.867. The van der Waals surface area contributed by atoms with Crippen LogP contribution in [0.5, 0.6) is 0 Å². The average molecular weight is 279 g/mol. The molecule has 2 fully saturated rings. The molecule has 1 saturated heterocycles. The molecule has 3 heteroatoms. The van der Waals surface area contributed by atoms with Crippen molar-refractivity contribution in [1.29, 1.82) is 0 Å². The molecule has 0 N–H and O–H groups in total. The summed E-state index contributed by atoms with van der Waals surface area (Å²) in [7, 11) is 1.85. The zero-order valence-corrected chi connectivity index (χ0v) is 12.0. The number of hydrogen-bond acceptors (Lipinski definition) is 2. The van der Waals surface area contributed by atoms with Crippen molar-refractivity contribution in [2.24, 2.45) is 17.3 Å². The summed E-state index contributed by atoms with van der Waals surface area (Å²) >= 11 is 0. The lowest BCUT2D eigenvalue weighted by Gasteiger charge is -2.66. The zero-order chi connectivity index (χ0) is 14.2. The first-order valence-corrected chi connectivity index (χ1v) is 7.53. The van der Waals surface area contributed by atoms with Gasteiger partial charge in [-0.25, -0.2) is 0 Å². The topological polar surface area (TPSA) is 29.5 Å². The van der Waals surface area contributed by atoms with Crippen LogP contribution in [0, 0.1) is 17.3 Å². The highest BCUT2D eigenvalue weighted by Crippen LogP contribution is 2.72. The van der Waals surface area contributed by atoms with Gasteiger partial charge in [-0.05, 0) is 17.0 Å². The second-order valence-electron chi connectivity index (χ2n) is 6.69. The van der Waals surface area contributed by atoms with Crippen molar-refractivity contribution in [2.45, 2.75) is 5.41 Å². The Morgan fingerprint density at radius 1 is 1.14 bits per heavy atom. The highest BCUT2D eigenvalue weighted by molar-refractivity contribution is 5.91. The van der Waals surface area contributed by atoms with Crippen LogP contribution in [0.2, 0.25) is 0 Å². The van der Waals surface area contributed by atoms with Crippen LogP contribution in [0.25, 0.3) is 6.08 Å². The van der Waals surface area contributed by atoms with Crippen LogP contribution in [-0.4, -0.2) is 31.1 Å². The Morgan fingerprint density at radius 3 is 2.81 bits per heavy atom. The summed E-state index contributed by atoms with van der Waals surface area (Å²) < 4.78 is 5.91. The van der Waals surface area contributed by atoms with E-state index in [9.17, 15) is 4.79 Å². The average Bonchev–Trinajstić information content (AvgIpc) is 2.80. The van der Waals surface area contributed by atoms with E-state index in [0.717, 1.165) is 0 Å². The largest absolute Gasteiger partial charge is 0.379 e. The summed E-state index contributed by atoms with van der Waals surface area (Å²) in [5, 5.41) is 0. The predicted octanol–water partition coefficient (Wildman–Crippen LogP) is 2.20. The van der Waals surface area contributed by atoms with Gasteiger partial charge < -0.3 is 9.64 Å². The van der Waals surface area contributed by atoms with Crippen molar-refractivity contribution in [1.82, 2.24) is 4.90 Å². The Bertz CT molecular complexity index is 722. The monoisotopic (exact) mass is 279 g/mol. The minimum Gasteiger partial charge on any atom is -0.379 e. The number of benzene rings is 1. The predicted molar refractivity (Wildman–Crippen MR) is 79.3 cm³/mol. The summed E-state index contributed by atoms with van der Waals surface area (Å²) in [6.07, 6.45) is 8.64. The molecule has 0 bridgehead atoms. The van der Waals surface area contributed by atoms with E-state index in [1.165, 1.54) is 11.1 Å².